The summed E-state index contributed by atoms with van der Waals surface area (Å²) in [6.45, 7) is 16.8. The van der Waals surface area contributed by atoms with Gasteiger partial charge in [0.05, 0.1) is 0 Å². The van der Waals surface area contributed by atoms with Gasteiger partial charge in [-0.25, -0.2) is 0 Å². The fourth-order valence-corrected chi connectivity index (χ4v) is 575. The second kappa shape index (κ2) is 3.72. The molecule has 0 atom stereocenters. The zero-order chi connectivity index (χ0) is 10.8. The van der Waals surface area contributed by atoms with Crippen molar-refractivity contribution >= 4 is 74.9 Å². The Kier molecular flexibility index (Phi) is 3.55. The SMILES string of the molecule is C[Si]1(C)[Se][Si]2(C)[Se][Si](C)(C)[Se][Si]2(C)[Se]1. The summed E-state index contributed by atoms with van der Waals surface area (Å²) in [5.74, 6) is 0. The van der Waals surface area contributed by atoms with Crippen LogP contribution in [-0.4, -0.2) is 74.9 Å². The van der Waals surface area contributed by atoms with E-state index in [-0.39, 0.29) is 0 Å². The number of hydrogen-bond donors (Lipinski definition) is 0. The third kappa shape index (κ3) is 2.25. The summed E-state index contributed by atoms with van der Waals surface area (Å²) < 4.78 is 0. The van der Waals surface area contributed by atoms with E-state index in [1.807, 2.05) is 0 Å². The first-order valence-corrected chi connectivity index (χ1v) is 36.7. The predicted octanol–water partition coefficient (Wildman–Crippen LogP) is 0.456. The molecule has 0 radical (unpaired) electrons. The molecule has 0 unspecified atom stereocenters. The molecule has 2 heterocycles. The summed E-state index contributed by atoms with van der Waals surface area (Å²) in [6, 6.07) is 0. The van der Waals surface area contributed by atoms with Gasteiger partial charge in [0.2, 0.25) is 0 Å². The summed E-state index contributed by atoms with van der Waals surface area (Å²) in [7, 11) is 0. The van der Waals surface area contributed by atoms with E-state index in [0.717, 1.165) is 0 Å². The van der Waals surface area contributed by atoms with Gasteiger partial charge in [-0.15, -0.1) is 0 Å². The van der Waals surface area contributed by atoms with Crippen molar-refractivity contribution in [3.05, 3.63) is 0 Å². The maximum absolute atomic E-state index is 2.90. The maximum atomic E-state index is 2.90. The van der Waals surface area contributed by atoms with Crippen LogP contribution in [0.2, 0.25) is 39.3 Å². The third-order valence-electron chi connectivity index (χ3n) is 2.59. The Labute approximate surface area is 113 Å². The van der Waals surface area contributed by atoms with Gasteiger partial charge in [-0.05, 0) is 0 Å². The molecular weight excluding hydrogens is 500 g/mol. The predicted molar refractivity (Wildman–Crippen MR) is 81.2 cm³/mol. The third-order valence-corrected chi connectivity index (χ3v) is 229. The van der Waals surface area contributed by atoms with Gasteiger partial charge in [0, 0.05) is 0 Å². The normalized spacial score (nSPS) is 49.3. The molecule has 0 bridgehead atoms. The Morgan fingerprint density at radius 2 is 0.714 bits per heavy atom. The molecule has 0 saturated carbocycles. The van der Waals surface area contributed by atoms with Crippen LogP contribution in [0.25, 0.3) is 0 Å². The molecule has 2 aliphatic heterocycles. The molecule has 2 rings (SSSR count). The van der Waals surface area contributed by atoms with Crippen LogP contribution in [0.1, 0.15) is 0 Å². The van der Waals surface area contributed by atoms with Crippen molar-refractivity contribution in [3.8, 4) is 0 Å². The van der Waals surface area contributed by atoms with Gasteiger partial charge >= 0.3 is 114 Å². The van der Waals surface area contributed by atoms with E-state index in [2.05, 4.69) is 39.3 Å². The van der Waals surface area contributed by atoms with Crippen molar-refractivity contribution in [2.75, 3.05) is 0 Å². The molecule has 0 amide bonds. The molecule has 2 saturated heterocycles. The van der Waals surface area contributed by atoms with Gasteiger partial charge < -0.3 is 0 Å². The molecule has 0 aliphatic carbocycles. The molecule has 2 fully saturated rings. The van der Waals surface area contributed by atoms with Crippen molar-refractivity contribution in [1.82, 2.24) is 0 Å². The van der Waals surface area contributed by atoms with E-state index in [0.29, 0.717) is 0 Å². The minimum atomic E-state index is -0.541. The fraction of sp³-hybridized carbons (Fsp3) is 1.00. The molecular formula is C6H18Se4Si4. The van der Waals surface area contributed by atoms with E-state index >= 15 is 0 Å². The van der Waals surface area contributed by atoms with Gasteiger partial charge in [0.25, 0.3) is 0 Å². The zero-order valence-electron chi connectivity index (χ0n) is 9.63. The van der Waals surface area contributed by atoms with Gasteiger partial charge in [-0.2, -0.15) is 0 Å². The van der Waals surface area contributed by atoms with Crippen LogP contribution >= 0.6 is 0 Å². The minimum absolute atomic E-state index is 0.505. The average molecular weight is 518 g/mol. The van der Waals surface area contributed by atoms with Crippen LogP contribution in [0.4, 0.5) is 0 Å². The monoisotopic (exact) mass is 522 g/mol. The van der Waals surface area contributed by atoms with Crippen LogP contribution in [0.15, 0.2) is 0 Å². The topological polar surface area (TPSA) is 0 Å². The second-order valence-corrected chi connectivity index (χ2v) is 111. The number of fused-ring (bicyclic) bond motifs is 1. The van der Waals surface area contributed by atoms with Crippen molar-refractivity contribution in [1.29, 1.82) is 0 Å². The first kappa shape index (κ1) is 13.4. The summed E-state index contributed by atoms with van der Waals surface area (Å²) in [4.78, 5) is -1.01. The van der Waals surface area contributed by atoms with Crippen LogP contribution in [0, 0.1) is 0 Å². The summed E-state index contributed by atoms with van der Waals surface area (Å²) in [5, 5.41) is -1.08. The van der Waals surface area contributed by atoms with Crippen molar-refractivity contribution < 1.29 is 0 Å². The Morgan fingerprint density at radius 3 is 0.929 bits per heavy atom. The quantitative estimate of drug-likeness (QED) is 0.409. The summed E-state index contributed by atoms with van der Waals surface area (Å²) in [6.07, 6.45) is 0. The Hall–Kier alpha value is 2.95. The van der Waals surface area contributed by atoms with Crippen LogP contribution in [0.5, 0.6) is 0 Å². The van der Waals surface area contributed by atoms with Crippen LogP contribution in [-0.2, 0) is 0 Å². The summed E-state index contributed by atoms with van der Waals surface area (Å²) >= 11 is 5.07. The standard InChI is InChI=1S/C6H18Se4Si4/c1-11(2)7-13(5)9-12(3,4)10-14(13,6)8-11/h1-6H3. The van der Waals surface area contributed by atoms with Crippen molar-refractivity contribution in [2.24, 2.45) is 0 Å². The van der Waals surface area contributed by atoms with Gasteiger partial charge in [-0.3, -0.25) is 0 Å². The first-order chi connectivity index (χ1) is 6.08. The van der Waals surface area contributed by atoms with Crippen LogP contribution in [0.3, 0.4) is 0 Å². The molecule has 8 heteroatoms. The van der Waals surface area contributed by atoms with Gasteiger partial charge in [0.15, 0.2) is 0 Å². The van der Waals surface area contributed by atoms with E-state index in [9.17, 15) is 0 Å². The molecule has 82 valence electrons. The van der Waals surface area contributed by atoms with E-state index in [1.165, 1.54) is 54.7 Å². The molecule has 0 aromatic heterocycles. The van der Waals surface area contributed by atoms with E-state index in [1.54, 1.807) is 0 Å². The second-order valence-electron chi connectivity index (χ2n) is 5.10. The van der Waals surface area contributed by atoms with Gasteiger partial charge in [0.1, 0.15) is 0 Å². The number of rotatable bonds is 0. The number of hydrogen-bond acceptors (Lipinski definition) is 0. The molecule has 0 nitrogen and oxygen atoms in total. The molecule has 2 aliphatic rings. The molecule has 0 aromatic rings. The molecule has 14 heavy (non-hydrogen) atoms. The molecule has 0 spiro atoms. The van der Waals surface area contributed by atoms with Crippen molar-refractivity contribution in [2.45, 2.75) is 39.3 Å². The fourth-order valence-electron chi connectivity index (χ4n) is 2.33. The van der Waals surface area contributed by atoms with Gasteiger partial charge in [-0.1, -0.05) is 0 Å². The van der Waals surface area contributed by atoms with E-state index < -0.39 is 20.2 Å². The van der Waals surface area contributed by atoms with Crippen LogP contribution < -0.4 is 0 Å². The Bertz CT molecular complexity index is 235. The Balaban J connectivity index is 2.34. The average Bonchev–Trinajstić information content (AvgIpc) is 1.99. The first-order valence-electron chi connectivity index (χ1n) is 4.88. The Morgan fingerprint density at radius 1 is 0.500 bits per heavy atom. The molecule has 0 aromatic carbocycles. The zero-order valence-corrected chi connectivity index (χ0v) is 20.5. The van der Waals surface area contributed by atoms with Crippen molar-refractivity contribution in [3.63, 3.8) is 0 Å². The molecule has 0 N–H and O–H groups in total. The van der Waals surface area contributed by atoms with E-state index in [4.69, 9.17) is 0 Å². The summed E-state index contributed by atoms with van der Waals surface area (Å²) in [5.41, 5.74) is 0.